The molecule has 3 heterocycles. The van der Waals surface area contributed by atoms with Gasteiger partial charge in [0.15, 0.2) is 5.76 Å². The Balaban J connectivity index is 2.23. The highest BCUT2D eigenvalue weighted by molar-refractivity contribution is 5.99. The van der Waals surface area contributed by atoms with E-state index in [1.807, 2.05) is 0 Å². The van der Waals surface area contributed by atoms with Crippen LogP contribution in [0.15, 0.2) is 29.0 Å². The van der Waals surface area contributed by atoms with E-state index in [0.717, 1.165) is 5.56 Å². The molecule has 0 aliphatic carbocycles. The van der Waals surface area contributed by atoms with Crippen LogP contribution in [0.2, 0.25) is 0 Å². The quantitative estimate of drug-likeness (QED) is 0.746. The molecule has 0 saturated carbocycles. The maximum absolute atomic E-state index is 11.4. The molecule has 0 spiro atoms. The van der Waals surface area contributed by atoms with Gasteiger partial charge in [0.05, 0.1) is 18.0 Å². The maximum atomic E-state index is 11.4. The summed E-state index contributed by atoms with van der Waals surface area (Å²) in [5.41, 5.74) is 2.07. The Morgan fingerprint density at radius 1 is 1.47 bits per heavy atom. The maximum Gasteiger partial charge on any atom is 0.253 e. The number of nitrogens with zero attached hydrogens (tertiary/aromatic N) is 2. The van der Waals surface area contributed by atoms with Gasteiger partial charge in [0.25, 0.3) is 5.91 Å². The van der Waals surface area contributed by atoms with Crippen molar-refractivity contribution in [3.63, 3.8) is 0 Å². The molecule has 0 bridgehead atoms. The van der Waals surface area contributed by atoms with Gasteiger partial charge < -0.3 is 9.73 Å². The topological polar surface area (TPSA) is 68.0 Å². The summed E-state index contributed by atoms with van der Waals surface area (Å²) in [7, 11) is 0. The summed E-state index contributed by atoms with van der Waals surface area (Å²) in [4.78, 5) is 11.4. The standard InChI is InChI=1S/C10H7N3O2/c14-10-7-5-12-13-9(6(7)4-11-10)8-2-1-3-15-8/h1-3,5H,4H2,(H,11,14). The third kappa shape index (κ3) is 1.13. The van der Waals surface area contributed by atoms with Gasteiger partial charge in [-0.1, -0.05) is 0 Å². The van der Waals surface area contributed by atoms with Gasteiger partial charge in [-0.15, -0.1) is 5.10 Å². The van der Waals surface area contributed by atoms with E-state index in [9.17, 15) is 4.79 Å². The van der Waals surface area contributed by atoms with Crippen LogP contribution in [0.4, 0.5) is 0 Å². The molecule has 1 aliphatic rings. The van der Waals surface area contributed by atoms with Crippen LogP contribution in [0.3, 0.4) is 0 Å². The van der Waals surface area contributed by atoms with Crippen molar-refractivity contribution in [2.24, 2.45) is 0 Å². The van der Waals surface area contributed by atoms with E-state index in [0.29, 0.717) is 23.6 Å². The lowest BCUT2D eigenvalue weighted by Gasteiger charge is -2.00. The largest absolute Gasteiger partial charge is 0.463 e. The molecular formula is C10H7N3O2. The van der Waals surface area contributed by atoms with Gasteiger partial charge in [-0.25, -0.2) is 0 Å². The zero-order valence-electron chi connectivity index (χ0n) is 7.73. The summed E-state index contributed by atoms with van der Waals surface area (Å²) in [5.74, 6) is 0.531. The molecule has 5 heteroatoms. The Kier molecular flexibility index (Phi) is 1.58. The van der Waals surface area contributed by atoms with Gasteiger partial charge in [0.2, 0.25) is 0 Å². The van der Waals surface area contributed by atoms with Crippen molar-refractivity contribution in [2.45, 2.75) is 6.54 Å². The van der Waals surface area contributed by atoms with Crippen molar-refractivity contribution < 1.29 is 9.21 Å². The molecule has 74 valence electrons. The van der Waals surface area contributed by atoms with E-state index < -0.39 is 0 Å². The minimum absolute atomic E-state index is 0.104. The molecule has 2 aromatic rings. The Morgan fingerprint density at radius 3 is 3.20 bits per heavy atom. The number of rotatable bonds is 1. The second kappa shape index (κ2) is 2.91. The van der Waals surface area contributed by atoms with Crippen molar-refractivity contribution in [2.75, 3.05) is 0 Å². The Bertz CT molecular complexity index is 519. The first-order chi connectivity index (χ1) is 7.36. The highest BCUT2D eigenvalue weighted by Gasteiger charge is 2.24. The molecule has 0 unspecified atom stereocenters. The van der Waals surface area contributed by atoms with Crippen molar-refractivity contribution in [1.82, 2.24) is 15.5 Å². The molecule has 0 radical (unpaired) electrons. The van der Waals surface area contributed by atoms with Gasteiger partial charge in [-0.05, 0) is 12.1 Å². The van der Waals surface area contributed by atoms with Gasteiger partial charge in [0, 0.05) is 12.1 Å². The van der Waals surface area contributed by atoms with Gasteiger partial charge >= 0.3 is 0 Å². The monoisotopic (exact) mass is 201 g/mol. The molecule has 1 amide bonds. The van der Waals surface area contributed by atoms with Crippen molar-refractivity contribution in [3.8, 4) is 11.5 Å². The van der Waals surface area contributed by atoms with Crippen LogP contribution in [-0.4, -0.2) is 16.1 Å². The number of carbonyl (C=O) groups is 1. The fraction of sp³-hybridized carbons (Fsp3) is 0.100. The zero-order chi connectivity index (χ0) is 10.3. The van der Waals surface area contributed by atoms with Crippen LogP contribution in [0.1, 0.15) is 15.9 Å². The van der Waals surface area contributed by atoms with Crippen LogP contribution in [-0.2, 0) is 6.54 Å². The number of carbonyl (C=O) groups excluding carboxylic acids is 1. The van der Waals surface area contributed by atoms with E-state index >= 15 is 0 Å². The molecule has 0 saturated heterocycles. The third-order valence-electron chi connectivity index (χ3n) is 2.38. The minimum Gasteiger partial charge on any atom is -0.463 e. The van der Waals surface area contributed by atoms with E-state index in [1.165, 1.54) is 6.20 Å². The molecule has 0 fully saturated rings. The number of fused-ring (bicyclic) bond motifs is 1. The number of amides is 1. The second-order valence-corrected chi connectivity index (χ2v) is 3.25. The van der Waals surface area contributed by atoms with Crippen molar-refractivity contribution in [3.05, 3.63) is 35.7 Å². The molecule has 0 aromatic carbocycles. The van der Waals surface area contributed by atoms with Crippen LogP contribution in [0, 0.1) is 0 Å². The molecule has 1 aliphatic heterocycles. The molecule has 5 nitrogen and oxygen atoms in total. The molecular weight excluding hydrogens is 194 g/mol. The Hall–Kier alpha value is -2.17. The Labute approximate surface area is 85.1 Å². The fourth-order valence-electron chi connectivity index (χ4n) is 1.66. The fourth-order valence-corrected chi connectivity index (χ4v) is 1.66. The number of hydrogen-bond donors (Lipinski definition) is 1. The highest BCUT2D eigenvalue weighted by atomic mass is 16.3. The van der Waals surface area contributed by atoms with Gasteiger partial charge in [0.1, 0.15) is 5.69 Å². The van der Waals surface area contributed by atoms with Crippen molar-refractivity contribution >= 4 is 5.91 Å². The molecule has 1 N–H and O–H groups in total. The van der Waals surface area contributed by atoms with Crippen LogP contribution >= 0.6 is 0 Å². The lowest BCUT2D eigenvalue weighted by atomic mass is 10.1. The molecule has 0 atom stereocenters. The first-order valence-electron chi connectivity index (χ1n) is 4.53. The SMILES string of the molecule is O=C1NCc2c1cnnc2-c1ccco1. The zero-order valence-corrected chi connectivity index (χ0v) is 7.73. The van der Waals surface area contributed by atoms with E-state index in [2.05, 4.69) is 15.5 Å². The average Bonchev–Trinajstić information content (AvgIpc) is 2.88. The molecule has 15 heavy (non-hydrogen) atoms. The number of nitrogens with one attached hydrogen (secondary N) is 1. The summed E-state index contributed by atoms with van der Waals surface area (Å²) in [6.45, 7) is 0.486. The minimum atomic E-state index is -0.104. The first kappa shape index (κ1) is 8.16. The van der Waals surface area contributed by atoms with Crippen LogP contribution < -0.4 is 5.32 Å². The second-order valence-electron chi connectivity index (χ2n) is 3.25. The normalized spacial score (nSPS) is 13.7. The van der Waals surface area contributed by atoms with Crippen LogP contribution in [0.25, 0.3) is 11.5 Å². The smallest absolute Gasteiger partial charge is 0.253 e. The summed E-state index contributed by atoms with van der Waals surface area (Å²) in [6.07, 6.45) is 3.05. The summed E-state index contributed by atoms with van der Waals surface area (Å²) in [5, 5.41) is 10.5. The third-order valence-corrected chi connectivity index (χ3v) is 2.38. The van der Waals surface area contributed by atoms with Gasteiger partial charge in [-0.3, -0.25) is 4.79 Å². The highest BCUT2D eigenvalue weighted by Crippen LogP contribution is 2.26. The van der Waals surface area contributed by atoms with Crippen LogP contribution in [0.5, 0.6) is 0 Å². The Morgan fingerprint density at radius 2 is 2.40 bits per heavy atom. The summed E-state index contributed by atoms with van der Waals surface area (Å²) < 4.78 is 5.24. The predicted molar refractivity (Wildman–Crippen MR) is 50.9 cm³/mol. The van der Waals surface area contributed by atoms with E-state index in [1.54, 1.807) is 18.4 Å². The van der Waals surface area contributed by atoms with E-state index in [4.69, 9.17) is 4.42 Å². The van der Waals surface area contributed by atoms with Crippen molar-refractivity contribution in [1.29, 1.82) is 0 Å². The number of furan rings is 1. The lowest BCUT2D eigenvalue weighted by molar-refractivity contribution is 0.0965. The number of aromatic nitrogens is 2. The van der Waals surface area contributed by atoms with Gasteiger partial charge in [-0.2, -0.15) is 5.10 Å². The first-order valence-corrected chi connectivity index (χ1v) is 4.53. The average molecular weight is 201 g/mol. The summed E-state index contributed by atoms with van der Waals surface area (Å²) >= 11 is 0. The molecule has 2 aromatic heterocycles. The molecule has 3 rings (SSSR count). The lowest BCUT2D eigenvalue weighted by Crippen LogP contribution is -2.12. The summed E-state index contributed by atoms with van der Waals surface area (Å²) in [6, 6.07) is 3.58. The predicted octanol–water partition coefficient (Wildman–Crippen LogP) is 0.980. The van der Waals surface area contributed by atoms with E-state index in [-0.39, 0.29) is 5.91 Å². The number of hydrogen-bond acceptors (Lipinski definition) is 4.